The summed E-state index contributed by atoms with van der Waals surface area (Å²) in [4.78, 5) is 22.1. The van der Waals surface area contributed by atoms with Gasteiger partial charge in [-0.1, -0.05) is 0 Å². The smallest absolute Gasteiger partial charge is 0.274 e. The number of hydrazine groups is 1. The van der Waals surface area contributed by atoms with Crippen molar-refractivity contribution >= 4 is 27.7 Å². The van der Waals surface area contributed by atoms with Crippen LogP contribution in [0.4, 0.5) is 13.2 Å². The molecule has 0 saturated heterocycles. The molecular weight excluding hydrogens is 317 g/mol. The maximum atomic E-state index is 12.5. The molecule has 0 aliphatic rings. The molecule has 2 N–H and O–H groups in total. The SMILES string of the molecule is CC(=O)NNC(=O)c1cc(C(F)(F)F)ccc1Br. The number of nitrogens with one attached hydrogen (secondary N) is 2. The number of rotatable bonds is 1. The fourth-order valence-corrected chi connectivity index (χ4v) is 1.51. The third-order valence-electron chi connectivity index (χ3n) is 1.89. The summed E-state index contributed by atoms with van der Waals surface area (Å²) < 4.78 is 37.6. The fourth-order valence-electron chi connectivity index (χ4n) is 1.09. The Labute approximate surface area is 109 Å². The van der Waals surface area contributed by atoms with Gasteiger partial charge in [0, 0.05) is 11.4 Å². The highest BCUT2D eigenvalue weighted by molar-refractivity contribution is 9.10. The van der Waals surface area contributed by atoms with Crippen molar-refractivity contribution in [3.63, 3.8) is 0 Å². The number of halogens is 4. The lowest BCUT2D eigenvalue weighted by Crippen LogP contribution is -2.40. The first kappa shape index (κ1) is 14.5. The maximum Gasteiger partial charge on any atom is 0.416 e. The van der Waals surface area contributed by atoms with Gasteiger partial charge in [0.25, 0.3) is 5.91 Å². The van der Waals surface area contributed by atoms with Crippen LogP contribution in [-0.4, -0.2) is 11.8 Å². The zero-order valence-electron chi connectivity index (χ0n) is 9.06. The summed E-state index contributed by atoms with van der Waals surface area (Å²) in [5.41, 5.74) is 2.80. The van der Waals surface area contributed by atoms with Crippen molar-refractivity contribution in [2.24, 2.45) is 0 Å². The molecule has 0 fully saturated rings. The molecule has 1 aromatic carbocycles. The van der Waals surface area contributed by atoms with Gasteiger partial charge in [0.1, 0.15) is 0 Å². The number of carbonyl (C=O) groups excluding carboxylic acids is 2. The van der Waals surface area contributed by atoms with Gasteiger partial charge in [-0.05, 0) is 34.1 Å². The van der Waals surface area contributed by atoms with E-state index in [1.165, 1.54) is 0 Å². The first-order chi connectivity index (χ1) is 8.21. The average molecular weight is 325 g/mol. The highest BCUT2D eigenvalue weighted by Crippen LogP contribution is 2.31. The number of benzene rings is 1. The quantitative estimate of drug-likeness (QED) is 0.778. The fraction of sp³-hybridized carbons (Fsp3) is 0.200. The zero-order chi connectivity index (χ0) is 13.9. The average Bonchev–Trinajstić information content (AvgIpc) is 2.24. The largest absolute Gasteiger partial charge is 0.416 e. The second-order valence-corrected chi connectivity index (χ2v) is 4.18. The Morgan fingerprint density at radius 3 is 2.33 bits per heavy atom. The van der Waals surface area contributed by atoms with Gasteiger partial charge >= 0.3 is 6.18 Å². The Balaban J connectivity index is 3.01. The Bertz CT molecular complexity index is 489. The van der Waals surface area contributed by atoms with Gasteiger partial charge in [0.15, 0.2) is 0 Å². The molecule has 0 unspecified atom stereocenters. The molecule has 0 saturated carbocycles. The van der Waals surface area contributed by atoms with E-state index in [-0.39, 0.29) is 10.0 Å². The third kappa shape index (κ3) is 3.73. The molecule has 4 nitrogen and oxygen atoms in total. The van der Waals surface area contributed by atoms with E-state index in [1.54, 1.807) is 0 Å². The molecule has 0 aromatic heterocycles. The monoisotopic (exact) mass is 324 g/mol. The van der Waals surface area contributed by atoms with Crippen molar-refractivity contribution in [2.75, 3.05) is 0 Å². The van der Waals surface area contributed by atoms with Gasteiger partial charge in [-0.25, -0.2) is 0 Å². The van der Waals surface area contributed by atoms with Crippen LogP contribution in [-0.2, 0) is 11.0 Å². The summed E-state index contributed by atoms with van der Waals surface area (Å²) in [6, 6.07) is 2.66. The summed E-state index contributed by atoms with van der Waals surface area (Å²) in [7, 11) is 0. The molecule has 1 aromatic rings. The normalized spacial score (nSPS) is 10.9. The molecule has 0 spiro atoms. The van der Waals surface area contributed by atoms with E-state index in [4.69, 9.17) is 0 Å². The maximum absolute atomic E-state index is 12.5. The van der Waals surface area contributed by atoms with Crippen molar-refractivity contribution in [1.82, 2.24) is 10.9 Å². The molecule has 18 heavy (non-hydrogen) atoms. The standard InChI is InChI=1S/C10H8BrF3N2O2/c1-5(17)15-16-9(18)7-4-6(10(12,13)14)2-3-8(7)11/h2-4H,1H3,(H,15,17)(H,16,18). The number of hydrogen-bond acceptors (Lipinski definition) is 2. The van der Waals surface area contributed by atoms with Crippen LogP contribution < -0.4 is 10.9 Å². The van der Waals surface area contributed by atoms with Gasteiger partial charge in [-0.3, -0.25) is 20.4 Å². The molecule has 0 heterocycles. The van der Waals surface area contributed by atoms with Crippen LogP contribution in [0.1, 0.15) is 22.8 Å². The first-order valence-corrected chi connectivity index (χ1v) is 5.45. The van der Waals surface area contributed by atoms with Crippen LogP contribution in [0.15, 0.2) is 22.7 Å². The van der Waals surface area contributed by atoms with Crippen LogP contribution >= 0.6 is 15.9 Å². The van der Waals surface area contributed by atoms with E-state index in [9.17, 15) is 22.8 Å². The number of alkyl halides is 3. The molecule has 0 aliphatic heterocycles. The molecule has 0 bridgehead atoms. The predicted molar refractivity (Wildman–Crippen MR) is 60.4 cm³/mol. The summed E-state index contributed by atoms with van der Waals surface area (Å²) in [6.07, 6.45) is -4.54. The Morgan fingerprint density at radius 1 is 1.22 bits per heavy atom. The van der Waals surface area contributed by atoms with Crippen molar-refractivity contribution in [2.45, 2.75) is 13.1 Å². The molecular formula is C10H8BrF3N2O2. The summed E-state index contributed by atoms with van der Waals surface area (Å²) in [5.74, 6) is -1.38. The Morgan fingerprint density at radius 2 is 1.83 bits per heavy atom. The predicted octanol–water partition coefficient (Wildman–Crippen LogP) is 2.25. The van der Waals surface area contributed by atoms with E-state index in [1.807, 2.05) is 10.9 Å². The van der Waals surface area contributed by atoms with Gasteiger partial charge in [-0.2, -0.15) is 13.2 Å². The highest BCUT2D eigenvalue weighted by atomic mass is 79.9. The molecule has 1 rings (SSSR count). The number of amides is 2. The first-order valence-electron chi connectivity index (χ1n) is 4.65. The Kier molecular flexibility index (Phi) is 4.33. The van der Waals surface area contributed by atoms with Crippen molar-refractivity contribution in [3.8, 4) is 0 Å². The lowest BCUT2D eigenvalue weighted by atomic mass is 10.1. The lowest BCUT2D eigenvalue weighted by molar-refractivity contribution is -0.137. The second kappa shape index (κ2) is 5.38. The van der Waals surface area contributed by atoms with E-state index >= 15 is 0 Å². The third-order valence-corrected chi connectivity index (χ3v) is 2.58. The van der Waals surface area contributed by atoms with Crippen LogP contribution in [0.25, 0.3) is 0 Å². The zero-order valence-corrected chi connectivity index (χ0v) is 10.6. The molecule has 0 aliphatic carbocycles. The van der Waals surface area contributed by atoms with Crippen molar-refractivity contribution in [3.05, 3.63) is 33.8 Å². The molecule has 0 atom stereocenters. The molecule has 98 valence electrons. The van der Waals surface area contributed by atoms with E-state index in [2.05, 4.69) is 15.9 Å². The van der Waals surface area contributed by atoms with Crippen LogP contribution in [0.3, 0.4) is 0 Å². The minimum absolute atomic E-state index is 0.193. The topological polar surface area (TPSA) is 58.2 Å². The number of carbonyl (C=O) groups is 2. The van der Waals surface area contributed by atoms with Crippen LogP contribution in [0.2, 0.25) is 0 Å². The van der Waals surface area contributed by atoms with E-state index < -0.39 is 23.6 Å². The van der Waals surface area contributed by atoms with Gasteiger partial charge in [-0.15, -0.1) is 0 Å². The minimum atomic E-state index is -4.54. The minimum Gasteiger partial charge on any atom is -0.274 e. The van der Waals surface area contributed by atoms with Crippen LogP contribution in [0, 0.1) is 0 Å². The molecule has 0 radical (unpaired) electrons. The molecule has 8 heteroatoms. The lowest BCUT2D eigenvalue weighted by Gasteiger charge is -2.11. The van der Waals surface area contributed by atoms with Crippen LogP contribution in [0.5, 0.6) is 0 Å². The summed E-state index contributed by atoms with van der Waals surface area (Å²) in [5, 5.41) is 0. The summed E-state index contributed by atoms with van der Waals surface area (Å²) in [6.45, 7) is 1.15. The number of hydrogen-bond donors (Lipinski definition) is 2. The van der Waals surface area contributed by atoms with Gasteiger partial charge in [0.05, 0.1) is 11.1 Å². The van der Waals surface area contributed by atoms with Gasteiger partial charge in [0.2, 0.25) is 5.91 Å². The summed E-state index contributed by atoms with van der Waals surface area (Å²) >= 11 is 2.96. The molecule has 2 amide bonds. The second-order valence-electron chi connectivity index (χ2n) is 3.33. The van der Waals surface area contributed by atoms with E-state index in [0.29, 0.717) is 6.07 Å². The highest BCUT2D eigenvalue weighted by Gasteiger charge is 2.31. The van der Waals surface area contributed by atoms with Crippen molar-refractivity contribution in [1.29, 1.82) is 0 Å². The van der Waals surface area contributed by atoms with Crippen molar-refractivity contribution < 1.29 is 22.8 Å². The Hall–Kier alpha value is -1.57. The van der Waals surface area contributed by atoms with Gasteiger partial charge < -0.3 is 0 Å². The van der Waals surface area contributed by atoms with E-state index in [0.717, 1.165) is 19.1 Å².